The lowest BCUT2D eigenvalue weighted by Gasteiger charge is -2.11. The second-order valence-corrected chi connectivity index (χ2v) is 6.79. The van der Waals surface area contributed by atoms with Crippen molar-refractivity contribution in [3.05, 3.63) is 47.5 Å². The normalized spacial score (nSPS) is 11.0. The van der Waals surface area contributed by atoms with Crippen LogP contribution in [0, 0.1) is 0 Å². The molecule has 0 fully saturated rings. The fourth-order valence-corrected chi connectivity index (χ4v) is 3.41. The molecule has 0 radical (unpaired) electrons. The molecule has 0 saturated carbocycles. The van der Waals surface area contributed by atoms with Gasteiger partial charge in [-0.05, 0) is 33.4 Å². The van der Waals surface area contributed by atoms with Crippen molar-refractivity contribution < 1.29 is 0 Å². The average Bonchev–Trinajstić information content (AvgIpc) is 2.42. The van der Waals surface area contributed by atoms with Crippen molar-refractivity contribution in [2.24, 2.45) is 0 Å². The first-order valence-corrected chi connectivity index (χ1v) is 8.82. The van der Waals surface area contributed by atoms with Crippen LogP contribution in [0.4, 0.5) is 0 Å². The van der Waals surface area contributed by atoms with Gasteiger partial charge in [0.15, 0.2) is 0 Å². The first-order valence-electron chi connectivity index (χ1n) is 6.51. The van der Waals surface area contributed by atoms with Crippen LogP contribution in [-0.4, -0.2) is 11.5 Å². The lowest BCUT2D eigenvalue weighted by molar-refractivity contribution is 1.29. The molecule has 2 heteroatoms. The van der Waals surface area contributed by atoms with Crippen molar-refractivity contribution in [2.75, 3.05) is 11.5 Å². The molecule has 18 heavy (non-hydrogen) atoms. The molecule has 2 rings (SSSR count). The van der Waals surface area contributed by atoms with Gasteiger partial charge < -0.3 is 0 Å². The van der Waals surface area contributed by atoms with Gasteiger partial charge >= 0.3 is 0 Å². The standard InChI is InChI=1S/C16H20S2/c1-3-17-11-15-9-13-7-5-6-8-14(13)10-16(15)12-18-4-2/h5-10H,3-4,11-12H2,1-2H3. The Morgan fingerprint density at radius 3 is 1.61 bits per heavy atom. The molecule has 0 aromatic heterocycles. The smallest absolute Gasteiger partial charge is 0.0187 e. The molecule has 0 nitrogen and oxygen atoms in total. The summed E-state index contributed by atoms with van der Waals surface area (Å²) in [5, 5.41) is 2.74. The Labute approximate surface area is 119 Å². The summed E-state index contributed by atoms with van der Waals surface area (Å²) >= 11 is 4.02. The summed E-state index contributed by atoms with van der Waals surface area (Å²) in [6.07, 6.45) is 0. The maximum atomic E-state index is 2.38. The first-order chi connectivity index (χ1) is 8.85. The van der Waals surface area contributed by atoms with Crippen LogP contribution in [0.2, 0.25) is 0 Å². The zero-order valence-electron chi connectivity index (χ0n) is 11.1. The van der Waals surface area contributed by atoms with Crippen molar-refractivity contribution in [1.29, 1.82) is 0 Å². The monoisotopic (exact) mass is 276 g/mol. The third-order valence-electron chi connectivity index (χ3n) is 2.99. The van der Waals surface area contributed by atoms with Gasteiger partial charge in [0.1, 0.15) is 0 Å². The van der Waals surface area contributed by atoms with Crippen LogP contribution >= 0.6 is 23.5 Å². The number of benzene rings is 2. The fourth-order valence-electron chi connectivity index (χ4n) is 2.03. The van der Waals surface area contributed by atoms with Gasteiger partial charge in [-0.2, -0.15) is 23.5 Å². The molecule has 0 amide bonds. The summed E-state index contributed by atoms with van der Waals surface area (Å²) in [6, 6.07) is 13.4. The molecule has 0 heterocycles. The molecule has 0 spiro atoms. The second kappa shape index (κ2) is 7.10. The zero-order chi connectivity index (χ0) is 12.8. The summed E-state index contributed by atoms with van der Waals surface area (Å²) in [4.78, 5) is 0. The van der Waals surface area contributed by atoms with Crippen molar-refractivity contribution in [3.8, 4) is 0 Å². The van der Waals surface area contributed by atoms with Crippen molar-refractivity contribution in [3.63, 3.8) is 0 Å². The van der Waals surface area contributed by atoms with E-state index in [1.165, 1.54) is 33.4 Å². The molecule has 0 unspecified atom stereocenters. The third-order valence-corrected chi connectivity index (χ3v) is 4.84. The highest BCUT2D eigenvalue weighted by Crippen LogP contribution is 2.26. The van der Waals surface area contributed by atoms with Gasteiger partial charge in [0.2, 0.25) is 0 Å². The Balaban J connectivity index is 2.35. The van der Waals surface area contributed by atoms with Crippen molar-refractivity contribution in [1.82, 2.24) is 0 Å². The summed E-state index contributed by atoms with van der Waals surface area (Å²) in [6.45, 7) is 4.46. The maximum Gasteiger partial charge on any atom is 0.0187 e. The third kappa shape index (κ3) is 3.46. The predicted octanol–water partition coefficient (Wildman–Crippen LogP) is 5.35. The predicted molar refractivity (Wildman–Crippen MR) is 87.6 cm³/mol. The molecule has 0 aliphatic carbocycles. The summed E-state index contributed by atoms with van der Waals surface area (Å²) < 4.78 is 0. The van der Waals surface area contributed by atoms with Gasteiger partial charge in [0.05, 0.1) is 0 Å². The molecule has 0 saturated heterocycles. The Morgan fingerprint density at radius 2 is 1.22 bits per heavy atom. The Hall–Kier alpha value is -0.600. The number of thioether (sulfide) groups is 2. The number of hydrogen-bond acceptors (Lipinski definition) is 2. The van der Waals surface area contributed by atoms with Crippen molar-refractivity contribution >= 4 is 34.3 Å². The first kappa shape index (κ1) is 13.8. The quantitative estimate of drug-likeness (QED) is 0.698. The van der Waals surface area contributed by atoms with Crippen LogP contribution in [0.3, 0.4) is 0 Å². The molecule has 0 atom stereocenters. The van der Waals surface area contributed by atoms with Gasteiger partial charge in [-0.3, -0.25) is 0 Å². The molecule has 2 aromatic rings. The molecule has 2 aromatic carbocycles. The van der Waals surface area contributed by atoms with Crippen LogP contribution in [0.1, 0.15) is 25.0 Å². The number of rotatable bonds is 6. The summed E-state index contributed by atoms with van der Waals surface area (Å²) in [7, 11) is 0. The van der Waals surface area contributed by atoms with E-state index in [0.29, 0.717) is 0 Å². The Kier molecular flexibility index (Phi) is 5.45. The maximum absolute atomic E-state index is 2.38. The second-order valence-electron chi connectivity index (χ2n) is 4.24. The molecular weight excluding hydrogens is 256 g/mol. The summed E-state index contributed by atoms with van der Waals surface area (Å²) in [5.74, 6) is 4.66. The van der Waals surface area contributed by atoms with Gasteiger partial charge in [-0.15, -0.1) is 0 Å². The number of hydrogen-bond donors (Lipinski definition) is 0. The van der Waals surface area contributed by atoms with Gasteiger partial charge in [0, 0.05) is 11.5 Å². The Bertz CT molecular complexity index is 459. The van der Waals surface area contributed by atoms with Crippen LogP contribution in [0.15, 0.2) is 36.4 Å². The van der Waals surface area contributed by atoms with Gasteiger partial charge in [0.25, 0.3) is 0 Å². The highest BCUT2D eigenvalue weighted by Gasteiger charge is 2.05. The Morgan fingerprint density at radius 1 is 0.778 bits per heavy atom. The molecule has 0 N–H and O–H groups in total. The lowest BCUT2D eigenvalue weighted by Crippen LogP contribution is -1.92. The topological polar surface area (TPSA) is 0 Å². The molecule has 0 bridgehead atoms. The molecule has 0 aliphatic heterocycles. The van der Waals surface area contributed by atoms with Crippen LogP contribution < -0.4 is 0 Å². The minimum absolute atomic E-state index is 1.14. The van der Waals surface area contributed by atoms with E-state index >= 15 is 0 Å². The van der Waals surface area contributed by atoms with E-state index < -0.39 is 0 Å². The fraction of sp³-hybridized carbons (Fsp3) is 0.375. The van der Waals surface area contributed by atoms with Gasteiger partial charge in [-0.1, -0.05) is 50.2 Å². The van der Waals surface area contributed by atoms with Crippen LogP contribution in [-0.2, 0) is 11.5 Å². The van der Waals surface area contributed by atoms with Gasteiger partial charge in [-0.25, -0.2) is 0 Å². The number of fused-ring (bicyclic) bond motifs is 1. The van der Waals surface area contributed by atoms with E-state index in [0.717, 1.165) is 11.5 Å². The van der Waals surface area contributed by atoms with E-state index in [4.69, 9.17) is 0 Å². The minimum atomic E-state index is 1.14. The SMILES string of the molecule is CCSCc1cc2ccccc2cc1CSCC. The lowest BCUT2D eigenvalue weighted by atomic mass is 10.0. The van der Waals surface area contributed by atoms with E-state index in [9.17, 15) is 0 Å². The van der Waals surface area contributed by atoms with Crippen LogP contribution in [0.5, 0.6) is 0 Å². The van der Waals surface area contributed by atoms with E-state index in [-0.39, 0.29) is 0 Å². The van der Waals surface area contributed by atoms with E-state index in [2.05, 4.69) is 50.2 Å². The zero-order valence-corrected chi connectivity index (χ0v) is 12.7. The van der Waals surface area contributed by atoms with E-state index in [1.54, 1.807) is 0 Å². The largest absolute Gasteiger partial charge is 0.157 e. The van der Waals surface area contributed by atoms with E-state index in [1.807, 2.05) is 23.5 Å². The van der Waals surface area contributed by atoms with Crippen molar-refractivity contribution in [2.45, 2.75) is 25.4 Å². The highest BCUT2D eigenvalue weighted by molar-refractivity contribution is 7.98. The highest BCUT2D eigenvalue weighted by atomic mass is 32.2. The summed E-state index contributed by atoms with van der Waals surface area (Å²) in [5.41, 5.74) is 3.03. The molecular formula is C16H20S2. The minimum Gasteiger partial charge on any atom is -0.157 e. The molecule has 0 aliphatic rings. The average molecular weight is 276 g/mol. The molecule has 96 valence electrons. The van der Waals surface area contributed by atoms with Crippen LogP contribution in [0.25, 0.3) is 10.8 Å².